The Morgan fingerprint density at radius 1 is 0.422 bits per heavy atom. The summed E-state index contributed by atoms with van der Waals surface area (Å²) < 4.78 is 0. The molecule has 0 aliphatic carbocycles. The Kier molecular flexibility index (Phi) is 11.6. The van der Waals surface area contributed by atoms with Crippen molar-refractivity contribution in [3.63, 3.8) is 0 Å². The number of aldehydes is 3. The summed E-state index contributed by atoms with van der Waals surface area (Å²) in [6.07, 6.45) is 4.95. The summed E-state index contributed by atoms with van der Waals surface area (Å²) >= 11 is 14.1. The average molecular weight is 655 g/mol. The monoisotopic (exact) mass is 654 g/mol. The molecule has 0 fully saturated rings. The van der Waals surface area contributed by atoms with Crippen LogP contribution in [0.4, 0.5) is 0 Å². The van der Waals surface area contributed by atoms with Gasteiger partial charge in [-0.1, -0.05) is 41.5 Å². The molecule has 4 aromatic rings. The van der Waals surface area contributed by atoms with E-state index in [9.17, 15) is 14.4 Å². The SMILES string of the molecule is CC(C)Cc1cc(-c2cc(-c3cc(C=O)c(S)c(CC(C)C)c3)cc(-c3cc(C=O)c(S)c(CC(C)C)c3)c2)cc(C=O)c1S. The fourth-order valence-corrected chi connectivity index (χ4v) is 6.66. The fraction of sp³-hybridized carbons (Fsp3) is 0.308. The van der Waals surface area contributed by atoms with Gasteiger partial charge in [0.15, 0.2) is 18.9 Å². The number of hydrogen-bond donors (Lipinski definition) is 3. The topological polar surface area (TPSA) is 51.2 Å². The van der Waals surface area contributed by atoms with Crippen LogP contribution in [0, 0.1) is 17.8 Å². The number of hydrogen-bond acceptors (Lipinski definition) is 6. The molecule has 0 N–H and O–H groups in total. The van der Waals surface area contributed by atoms with Crippen molar-refractivity contribution in [3.05, 3.63) is 88.0 Å². The maximum atomic E-state index is 12.2. The zero-order valence-corrected chi connectivity index (χ0v) is 29.5. The normalized spacial score (nSPS) is 11.5. The van der Waals surface area contributed by atoms with Crippen molar-refractivity contribution in [2.45, 2.75) is 75.5 Å². The summed E-state index contributed by atoms with van der Waals surface area (Å²) in [6, 6.07) is 18.3. The van der Waals surface area contributed by atoms with Crippen LogP contribution in [-0.2, 0) is 19.3 Å². The average Bonchev–Trinajstić information content (AvgIpc) is 2.99. The van der Waals surface area contributed by atoms with Crippen molar-refractivity contribution in [2.75, 3.05) is 0 Å². The van der Waals surface area contributed by atoms with E-state index in [1.54, 1.807) is 0 Å². The highest BCUT2D eigenvalue weighted by Crippen LogP contribution is 2.38. The van der Waals surface area contributed by atoms with E-state index in [0.717, 1.165) is 88.2 Å². The van der Waals surface area contributed by atoms with Crippen LogP contribution >= 0.6 is 37.9 Å². The highest BCUT2D eigenvalue weighted by Gasteiger charge is 2.17. The van der Waals surface area contributed by atoms with Gasteiger partial charge >= 0.3 is 0 Å². The number of thiol groups is 3. The summed E-state index contributed by atoms with van der Waals surface area (Å²) in [4.78, 5) is 38.6. The zero-order chi connectivity index (χ0) is 33.0. The third kappa shape index (κ3) is 8.21. The predicted octanol–water partition coefficient (Wildman–Crippen LogP) is 10.6. The molecule has 0 spiro atoms. The summed E-state index contributed by atoms with van der Waals surface area (Å²) in [6.45, 7) is 12.9. The van der Waals surface area contributed by atoms with Crippen molar-refractivity contribution in [1.29, 1.82) is 0 Å². The lowest BCUT2D eigenvalue weighted by Gasteiger charge is -2.18. The maximum absolute atomic E-state index is 12.2. The van der Waals surface area contributed by atoms with Gasteiger partial charge in [-0.2, -0.15) is 0 Å². The van der Waals surface area contributed by atoms with Gasteiger partial charge in [0, 0.05) is 31.4 Å². The highest BCUT2D eigenvalue weighted by molar-refractivity contribution is 7.80. The van der Waals surface area contributed by atoms with Crippen LogP contribution < -0.4 is 0 Å². The molecule has 0 bridgehead atoms. The van der Waals surface area contributed by atoms with Crippen LogP contribution in [0.25, 0.3) is 33.4 Å². The molecular formula is C39H42O3S3. The standard InChI is InChI=1S/C39H42O3S3/c1-22(2)7-31-13-28(16-34(19-40)37(31)43)25-10-26(29-14-32(8-23(3)4)38(44)35(17-29)20-41)12-27(11-25)30-15-33(9-24(5)6)39(45)36(18-30)21-42/h10-24,43-45H,7-9H2,1-6H3. The Labute approximate surface area is 284 Å². The lowest BCUT2D eigenvalue weighted by atomic mass is 9.88. The Hall–Kier alpha value is -3.06. The van der Waals surface area contributed by atoms with Crippen molar-refractivity contribution >= 4 is 56.7 Å². The van der Waals surface area contributed by atoms with Gasteiger partial charge in [0.2, 0.25) is 0 Å². The molecule has 6 heteroatoms. The van der Waals surface area contributed by atoms with Gasteiger partial charge in [0.05, 0.1) is 0 Å². The largest absolute Gasteiger partial charge is 0.298 e. The van der Waals surface area contributed by atoms with Gasteiger partial charge < -0.3 is 0 Å². The minimum atomic E-state index is 0.384. The first kappa shape index (κ1) is 34.8. The molecule has 0 aliphatic rings. The summed E-state index contributed by atoms with van der Waals surface area (Å²) in [7, 11) is 0. The van der Waals surface area contributed by atoms with E-state index >= 15 is 0 Å². The smallest absolute Gasteiger partial charge is 0.151 e. The van der Waals surface area contributed by atoms with Crippen molar-refractivity contribution in [3.8, 4) is 33.4 Å². The van der Waals surface area contributed by atoms with E-state index in [1.165, 1.54) is 0 Å². The maximum Gasteiger partial charge on any atom is 0.151 e. The number of rotatable bonds is 12. The predicted molar refractivity (Wildman–Crippen MR) is 196 cm³/mol. The van der Waals surface area contributed by atoms with Gasteiger partial charge in [0.25, 0.3) is 0 Å². The van der Waals surface area contributed by atoms with E-state index in [2.05, 4.69) is 77.9 Å². The molecule has 0 radical (unpaired) electrons. The molecular weight excluding hydrogens is 613 g/mol. The highest BCUT2D eigenvalue weighted by atomic mass is 32.1. The minimum Gasteiger partial charge on any atom is -0.298 e. The van der Waals surface area contributed by atoms with Crippen LogP contribution in [0.1, 0.15) is 89.3 Å². The number of carbonyl (C=O) groups excluding carboxylic acids is 3. The molecule has 234 valence electrons. The van der Waals surface area contributed by atoms with E-state index in [4.69, 9.17) is 37.9 Å². The zero-order valence-electron chi connectivity index (χ0n) is 26.8. The van der Waals surface area contributed by atoms with Crippen LogP contribution in [-0.4, -0.2) is 18.9 Å². The van der Waals surface area contributed by atoms with Gasteiger partial charge in [0.1, 0.15) is 0 Å². The number of benzene rings is 4. The first-order chi connectivity index (χ1) is 21.3. The second kappa shape index (κ2) is 15.0. The minimum absolute atomic E-state index is 0.384. The Morgan fingerprint density at radius 2 is 0.644 bits per heavy atom. The van der Waals surface area contributed by atoms with Gasteiger partial charge in [-0.05, 0) is 142 Å². The molecule has 4 rings (SSSR count). The molecule has 0 saturated heterocycles. The summed E-state index contributed by atoms with van der Waals surface area (Å²) in [5.74, 6) is 1.15. The van der Waals surface area contributed by atoms with Crippen molar-refractivity contribution in [2.24, 2.45) is 17.8 Å². The lowest BCUT2D eigenvalue weighted by molar-refractivity contribution is 0.111. The second-order valence-electron chi connectivity index (χ2n) is 13.2. The Bertz CT molecular complexity index is 1540. The second-order valence-corrected chi connectivity index (χ2v) is 14.5. The molecule has 0 atom stereocenters. The molecule has 45 heavy (non-hydrogen) atoms. The van der Waals surface area contributed by atoms with Crippen molar-refractivity contribution in [1.82, 2.24) is 0 Å². The molecule has 4 aromatic carbocycles. The van der Waals surface area contributed by atoms with Crippen LogP contribution in [0.15, 0.2) is 69.3 Å². The molecule has 0 saturated carbocycles. The van der Waals surface area contributed by atoms with E-state index in [1.807, 2.05) is 18.2 Å². The molecule has 3 nitrogen and oxygen atoms in total. The van der Waals surface area contributed by atoms with Crippen LogP contribution in [0.2, 0.25) is 0 Å². The van der Waals surface area contributed by atoms with E-state index < -0.39 is 0 Å². The van der Waals surface area contributed by atoms with Crippen LogP contribution in [0.3, 0.4) is 0 Å². The van der Waals surface area contributed by atoms with E-state index in [0.29, 0.717) is 49.1 Å². The van der Waals surface area contributed by atoms with Crippen molar-refractivity contribution < 1.29 is 14.4 Å². The first-order valence-electron chi connectivity index (χ1n) is 15.4. The fourth-order valence-electron chi connectivity index (χ4n) is 5.84. The molecule has 0 amide bonds. The summed E-state index contributed by atoms with van der Waals surface area (Å²) in [5, 5.41) is 0. The third-order valence-corrected chi connectivity index (χ3v) is 9.49. The van der Waals surface area contributed by atoms with Gasteiger partial charge in [-0.3, -0.25) is 14.4 Å². The molecule has 0 heterocycles. The third-order valence-electron chi connectivity index (χ3n) is 7.85. The van der Waals surface area contributed by atoms with Gasteiger partial charge in [-0.25, -0.2) is 0 Å². The quantitative estimate of drug-likeness (QED) is 0.105. The van der Waals surface area contributed by atoms with E-state index in [-0.39, 0.29) is 0 Å². The summed E-state index contributed by atoms with van der Waals surface area (Å²) in [5.41, 5.74) is 10.2. The van der Waals surface area contributed by atoms with Gasteiger partial charge in [-0.15, -0.1) is 37.9 Å². The first-order valence-corrected chi connectivity index (χ1v) is 16.8. The Morgan fingerprint density at radius 3 is 0.844 bits per heavy atom. The molecule has 0 unspecified atom stereocenters. The Balaban J connectivity index is 2.06. The lowest BCUT2D eigenvalue weighted by Crippen LogP contribution is -2.01. The molecule has 0 aliphatic heterocycles. The van der Waals surface area contributed by atoms with Crippen LogP contribution in [0.5, 0.6) is 0 Å². The number of carbonyl (C=O) groups is 3. The molecule has 0 aromatic heterocycles.